The Bertz CT molecular complexity index is 1520. The van der Waals surface area contributed by atoms with Crippen molar-refractivity contribution in [3.8, 4) is 0 Å². The Morgan fingerprint density at radius 1 is 1.02 bits per heavy atom. The number of likely N-dealkylation sites (tertiary alicyclic amines) is 1. The summed E-state index contributed by atoms with van der Waals surface area (Å²) in [5.41, 5.74) is -1.02. The Kier molecular flexibility index (Phi) is 8.23. The molecule has 0 amide bonds. The molecule has 2 aromatic heterocycles. The third-order valence-corrected chi connectivity index (χ3v) is 9.49. The van der Waals surface area contributed by atoms with E-state index >= 15 is 0 Å². The molecule has 2 fully saturated rings. The second-order valence-corrected chi connectivity index (χ2v) is 12.5. The number of aliphatic hydroxyl groups excluding tert-OH is 1. The first-order valence-corrected chi connectivity index (χ1v) is 15.2. The normalized spacial score (nSPS) is 21.9. The van der Waals surface area contributed by atoms with Gasteiger partial charge in [0.05, 0.1) is 11.3 Å². The second kappa shape index (κ2) is 11.9. The summed E-state index contributed by atoms with van der Waals surface area (Å²) < 4.78 is 40.8. The fraction of sp³-hybridized carbons (Fsp3) is 0.469. The number of hydrogen-bond donors (Lipinski definition) is 3. The van der Waals surface area contributed by atoms with E-state index in [1.165, 1.54) is 67.1 Å². The lowest BCUT2D eigenvalue weighted by atomic mass is 9.71. The summed E-state index contributed by atoms with van der Waals surface area (Å²) in [6.07, 6.45) is 1.84. The van der Waals surface area contributed by atoms with Crippen molar-refractivity contribution < 1.29 is 23.4 Å². The summed E-state index contributed by atoms with van der Waals surface area (Å²) in [7, 11) is 2.20. The Balaban J connectivity index is 1.21. The number of nitrogens with one attached hydrogen (secondary N) is 1. The average molecular weight is 625 g/mol. The van der Waals surface area contributed by atoms with Crippen LogP contribution in [0, 0.1) is 5.41 Å². The van der Waals surface area contributed by atoms with Crippen LogP contribution in [0.5, 0.6) is 0 Å². The van der Waals surface area contributed by atoms with Crippen molar-refractivity contribution in [2.45, 2.75) is 50.6 Å². The van der Waals surface area contributed by atoms with Crippen LogP contribution < -0.4 is 15.2 Å². The SMILES string of the molecule is C=CCN1C(O)c2cnc(Nc3ccc(N4CCC5(CCN(C)CC5)CC4)cc3)nc2N1c1cccc([C@](C)(O)C(F)(F)F)n1. The van der Waals surface area contributed by atoms with Crippen LogP contribution in [-0.2, 0) is 5.60 Å². The second-order valence-electron chi connectivity index (χ2n) is 12.5. The van der Waals surface area contributed by atoms with Gasteiger partial charge in [0.2, 0.25) is 5.95 Å². The number of halogens is 3. The van der Waals surface area contributed by atoms with E-state index < -0.39 is 23.7 Å². The topological polar surface area (TPSA) is 104 Å². The Hall–Kier alpha value is -3.78. The van der Waals surface area contributed by atoms with Crippen LogP contribution in [0.3, 0.4) is 0 Å². The molecule has 1 aromatic carbocycles. The maximum atomic E-state index is 13.6. The van der Waals surface area contributed by atoms with Gasteiger partial charge in [-0.2, -0.15) is 23.2 Å². The number of aliphatic hydroxyl groups is 2. The average Bonchev–Trinajstić information content (AvgIpc) is 3.29. The molecule has 1 spiro atoms. The fourth-order valence-corrected chi connectivity index (χ4v) is 6.41. The molecule has 3 aliphatic heterocycles. The van der Waals surface area contributed by atoms with Crippen molar-refractivity contribution in [3.63, 3.8) is 0 Å². The van der Waals surface area contributed by atoms with Crippen LogP contribution in [-0.4, -0.2) is 81.0 Å². The zero-order chi connectivity index (χ0) is 32.0. The van der Waals surface area contributed by atoms with Crippen LogP contribution in [0.15, 0.2) is 61.3 Å². The highest BCUT2D eigenvalue weighted by Gasteiger charge is 2.52. The van der Waals surface area contributed by atoms with E-state index in [9.17, 15) is 23.4 Å². The number of anilines is 5. The van der Waals surface area contributed by atoms with Gasteiger partial charge in [-0.25, -0.2) is 15.0 Å². The van der Waals surface area contributed by atoms with Gasteiger partial charge in [0.15, 0.2) is 17.6 Å². The predicted octanol–water partition coefficient (Wildman–Crippen LogP) is 5.24. The third kappa shape index (κ3) is 5.97. The van der Waals surface area contributed by atoms with E-state index in [2.05, 4.69) is 55.8 Å². The number of fused-ring (bicyclic) bond motifs is 1. The first kappa shape index (κ1) is 31.2. The van der Waals surface area contributed by atoms with Crippen molar-refractivity contribution in [1.29, 1.82) is 0 Å². The summed E-state index contributed by atoms with van der Waals surface area (Å²) in [5.74, 6) is 0.514. The molecule has 45 heavy (non-hydrogen) atoms. The summed E-state index contributed by atoms with van der Waals surface area (Å²) in [6, 6.07) is 12.0. The van der Waals surface area contributed by atoms with Gasteiger partial charge in [-0.05, 0) is 94.6 Å². The van der Waals surface area contributed by atoms with Crippen molar-refractivity contribution in [2.24, 2.45) is 5.41 Å². The number of hydrogen-bond acceptors (Lipinski definition) is 10. The molecule has 3 aromatic rings. The molecule has 3 N–H and O–H groups in total. The summed E-state index contributed by atoms with van der Waals surface area (Å²) >= 11 is 0. The van der Waals surface area contributed by atoms with E-state index in [0.717, 1.165) is 30.5 Å². The lowest BCUT2D eigenvalue weighted by Gasteiger charge is -2.46. The van der Waals surface area contributed by atoms with E-state index in [0.29, 0.717) is 17.9 Å². The van der Waals surface area contributed by atoms with Crippen molar-refractivity contribution in [2.75, 3.05) is 55.0 Å². The molecule has 240 valence electrons. The van der Waals surface area contributed by atoms with Crippen LogP contribution >= 0.6 is 0 Å². The highest BCUT2D eigenvalue weighted by atomic mass is 19.4. The Labute approximate surface area is 260 Å². The number of pyridine rings is 1. The highest BCUT2D eigenvalue weighted by molar-refractivity contribution is 5.66. The quantitative estimate of drug-likeness (QED) is 0.302. The van der Waals surface area contributed by atoms with E-state index in [4.69, 9.17) is 0 Å². The van der Waals surface area contributed by atoms with Gasteiger partial charge < -0.3 is 25.3 Å². The van der Waals surface area contributed by atoms with Crippen LogP contribution in [0.2, 0.25) is 0 Å². The molecule has 0 saturated carbocycles. The fourth-order valence-electron chi connectivity index (χ4n) is 6.41. The van der Waals surface area contributed by atoms with E-state index in [-0.39, 0.29) is 24.1 Å². The number of nitrogens with zero attached hydrogens (tertiary/aromatic N) is 7. The summed E-state index contributed by atoms with van der Waals surface area (Å²) in [6.45, 7) is 8.96. The van der Waals surface area contributed by atoms with Gasteiger partial charge in [-0.15, -0.1) is 6.58 Å². The van der Waals surface area contributed by atoms with Crippen molar-refractivity contribution >= 4 is 29.0 Å². The minimum absolute atomic E-state index is 0.0363. The maximum Gasteiger partial charge on any atom is 0.422 e. The number of benzene rings is 1. The number of hydrazine groups is 1. The predicted molar refractivity (Wildman–Crippen MR) is 166 cm³/mol. The molecule has 2 atom stereocenters. The molecule has 0 bridgehead atoms. The Morgan fingerprint density at radius 3 is 2.33 bits per heavy atom. The van der Waals surface area contributed by atoms with Gasteiger partial charge >= 0.3 is 6.18 Å². The zero-order valence-electron chi connectivity index (χ0n) is 25.5. The molecule has 2 saturated heterocycles. The van der Waals surface area contributed by atoms with Crippen molar-refractivity contribution in [3.05, 3.63) is 72.6 Å². The van der Waals surface area contributed by atoms with Gasteiger partial charge in [-0.1, -0.05) is 12.1 Å². The smallest absolute Gasteiger partial charge is 0.375 e. The minimum Gasteiger partial charge on any atom is -0.375 e. The molecule has 0 radical (unpaired) electrons. The minimum atomic E-state index is -4.94. The summed E-state index contributed by atoms with van der Waals surface area (Å²) in [4.78, 5) is 18.0. The molecule has 3 aliphatic rings. The van der Waals surface area contributed by atoms with Crippen molar-refractivity contribution in [1.82, 2.24) is 24.9 Å². The van der Waals surface area contributed by atoms with Gasteiger partial charge in [0, 0.05) is 37.2 Å². The highest BCUT2D eigenvalue weighted by Crippen LogP contribution is 2.44. The first-order valence-electron chi connectivity index (χ1n) is 15.2. The third-order valence-electron chi connectivity index (χ3n) is 9.49. The van der Waals surface area contributed by atoms with E-state index in [1.807, 2.05) is 12.1 Å². The molecule has 1 unspecified atom stereocenters. The molecule has 0 aliphatic carbocycles. The Morgan fingerprint density at radius 2 is 1.69 bits per heavy atom. The van der Waals surface area contributed by atoms with Gasteiger partial charge in [0.25, 0.3) is 0 Å². The zero-order valence-corrected chi connectivity index (χ0v) is 25.5. The number of rotatable bonds is 7. The number of aromatic nitrogens is 3. The summed E-state index contributed by atoms with van der Waals surface area (Å²) in [5, 5.41) is 27.4. The monoisotopic (exact) mass is 624 g/mol. The van der Waals surface area contributed by atoms with Crippen LogP contribution in [0.1, 0.15) is 50.1 Å². The molecular weight excluding hydrogens is 585 g/mol. The number of alkyl halides is 3. The molecule has 6 rings (SSSR count). The molecule has 13 heteroatoms. The maximum absolute atomic E-state index is 13.6. The van der Waals surface area contributed by atoms with E-state index in [1.54, 1.807) is 6.08 Å². The first-order chi connectivity index (χ1) is 21.4. The standard InChI is InChI=1S/C32H39F3N8O2/c1-4-16-42-28(44)24-21-36-29(39-27(24)43(42)26-7-5-6-25(38-26)30(2,45)32(33,34)35)37-22-8-10-23(11-9-22)41-19-14-31(15-20-41)12-17-40(3)18-13-31/h4-11,21,28,44-45H,1,12-20H2,2-3H3,(H,36,37,39)/t28?,30-/m0/s1. The molecular formula is C32H39F3N8O2. The van der Waals surface area contributed by atoms with Crippen LogP contribution in [0.25, 0.3) is 0 Å². The van der Waals surface area contributed by atoms with Crippen LogP contribution in [0.4, 0.5) is 42.1 Å². The molecule has 5 heterocycles. The molecule has 10 nitrogen and oxygen atoms in total. The van der Waals surface area contributed by atoms with Gasteiger partial charge in [-0.3, -0.25) is 0 Å². The largest absolute Gasteiger partial charge is 0.422 e. The number of piperidine rings is 2. The van der Waals surface area contributed by atoms with Gasteiger partial charge in [0.1, 0.15) is 5.82 Å². The lowest BCUT2D eigenvalue weighted by Crippen LogP contribution is -2.46. The lowest BCUT2D eigenvalue weighted by molar-refractivity contribution is -0.260.